The molecule has 1 aliphatic heterocycles. The Labute approximate surface area is 48.0 Å². The van der Waals surface area contributed by atoms with Crippen molar-refractivity contribution >= 4 is 5.78 Å². The molecule has 1 aliphatic rings. The molecule has 8 heavy (non-hydrogen) atoms. The second-order valence-electron chi connectivity index (χ2n) is 1.92. The summed E-state index contributed by atoms with van der Waals surface area (Å²) in [5, 5.41) is 0. The summed E-state index contributed by atoms with van der Waals surface area (Å²) in [7, 11) is 0. The molecule has 3 nitrogen and oxygen atoms in total. The molecule has 3 heteroatoms. The highest BCUT2D eigenvalue weighted by atomic mass is 16.7. The third-order valence-electron chi connectivity index (χ3n) is 1.22. The van der Waals surface area contributed by atoms with Gasteiger partial charge in [-0.2, -0.15) is 5.48 Å². The number of nitrogens with one attached hydrogen (secondary N) is 1. The average Bonchev–Trinajstić information content (AvgIpc) is 2.12. The lowest BCUT2D eigenvalue weighted by atomic mass is 10.2. The molecule has 0 spiro atoms. The lowest BCUT2D eigenvalue weighted by Crippen LogP contribution is -2.27. The second kappa shape index (κ2) is 2.24. The maximum absolute atomic E-state index is 10.5. The van der Waals surface area contributed by atoms with Crippen molar-refractivity contribution in [3.8, 4) is 0 Å². The predicted octanol–water partition coefficient (Wildman–Crippen LogP) is -0.131. The highest BCUT2D eigenvalue weighted by Crippen LogP contribution is 2.00. The number of hydrogen-bond donors (Lipinski definition) is 1. The standard InChI is InChI=1S/C5H9NO2/c1-4(7)5-2-3-8-6-5/h5-6H,2-3H2,1H3. The van der Waals surface area contributed by atoms with Crippen molar-refractivity contribution in [3.05, 3.63) is 0 Å². The maximum atomic E-state index is 10.5. The number of rotatable bonds is 1. The number of hydroxylamine groups is 1. The van der Waals surface area contributed by atoms with Gasteiger partial charge in [0.2, 0.25) is 0 Å². The molecule has 0 aromatic heterocycles. The van der Waals surface area contributed by atoms with Gasteiger partial charge in [0.25, 0.3) is 0 Å². The SMILES string of the molecule is CC(=O)C1CCON1. The Morgan fingerprint density at radius 2 is 2.62 bits per heavy atom. The van der Waals surface area contributed by atoms with E-state index < -0.39 is 0 Å². The minimum Gasteiger partial charge on any atom is -0.301 e. The van der Waals surface area contributed by atoms with Crippen LogP contribution in [0.15, 0.2) is 0 Å². The Balaban J connectivity index is 2.35. The summed E-state index contributed by atoms with van der Waals surface area (Å²) < 4.78 is 0. The molecule has 0 aliphatic carbocycles. The van der Waals surface area contributed by atoms with E-state index in [0.717, 1.165) is 6.42 Å². The Morgan fingerprint density at radius 1 is 1.88 bits per heavy atom. The first-order valence-corrected chi connectivity index (χ1v) is 2.68. The number of ketones is 1. The normalized spacial score (nSPS) is 28.4. The van der Waals surface area contributed by atoms with Crippen molar-refractivity contribution in [1.82, 2.24) is 5.48 Å². The zero-order valence-corrected chi connectivity index (χ0v) is 4.81. The molecule has 0 bridgehead atoms. The molecular formula is C5H9NO2. The summed E-state index contributed by atoms with van der Waals surface area (Å²) in [6.45, 7) is 2.22. The van der Waals surface area contributed by atoms with Crippen LogP contribution in [0.4, 0.5) is 0 Å². The van der Waals surface area contributed by atoms with E-state index in [-0.39, 0.29) is 11.8 Å². The van der Waals surface area contributed by atoms with Crippen molar-refractivity contribution in [2.45, 2.75) is 19.4 Å². The van der Waals surface area contributed by atoms with Crippen LogP contribution < -0.4 is 5.48 Å². The van der Waals surface area contributed by atoms with Gasteiger partial charge in [0.15, 0.2) is 0 Å². The van der Waals surface area contributed by atoms with E-state index in [1.165, 1.54) is 0 Å². The van der Waals surface area contributed by atoms with E-state index in [9.17, 15) is 4.79 Å². The van der Waals surface area contributed by atoms with Gasteiger partial charge in [-0.3, -0.25) is 4.79 Å². The molecule has 1 atom stereocenters. The fraction of sp³-hybridized carbons (Fsp3) is 0.800. The maximum Gasteiger partial charge on any atom is 0.149 e. The number of hydrogen-bond acceptors (Lipinski definition) is 3. The topological polar surface area (TPSA) is 38.3 Å². The molecule has 1 rings (SSSR count). The minimum atomic E-state index is -0.0463. The monoisotopic (exact) mass is 115 g/mol. The number of Topliss-reactive ketones (excluding diaryl/α,β-unsaturated/α-hetero) is 1. The first-order valence-electron chi connectivity index (χ1n) is 2.68. The molecule has 1 saturated heterocycles. The number of carbonyl (C=O) groups excluding carboxylic acids is 1. The van der Waals surface area contributed by atoms with Gasteiger partial charge in [0.05, 0.1) is 12.6 Å². The molecule has 1 heterocycles. The molecule has 1 fully saturated rings. The van der Waals surface area contributed by atoms with Gasteiger partial charge in [-0.05, 0) is 13.3 Å². The fourth-order valence-electron chi connectivity index (χ4n) is 0.681. The Bertz CT molecular complexity index is 96.6. The van der Waals surface area contributed by atoms with E-state index in [4.69, 9.17) is 4.84 Å². The van der Waals surface area contributed by atoms with Crippen molar-refractivity contribution < 1.29 is 9.63 Å². The smallest absolute Gasteiger partial charge is 0.149 e. The first-order chi connectivity index (χ1) is 3.80. The van der Waals surface area contributed by atoms with Gasteiger partial charge in [-0.1, -0.05) is 0 Å². The van der Waals surface area contributed by atoms with Gasteiger partial charge in [0.1, 0.15) is 5.78 Å². The number of carbonyl (C=O) groups is 1. The zero-order chi connectivity index (χ0) is 5.98. The summed E-state index contributed by atoms with van der Waals surface area (Å²) in [6.07, 6.45) is 0.815. The zero-order valence-electron chi connectivity index (χ0n) is 4.81. The Hall–Kier alpha value is -0.410. The van der Waals surface area contributed by atoms with Gasteiger partial charge < -0.3 is 4.84 Å². The van der Waals surface area contributed by atoms with Crippen molar-refractivity contribution in [1.29, 1.82) is 0 Å². The lowest BCUT2D eigenvalue weighted by Gasteiger charge is -1.99. The van der Waals surface area contributed by atoms with Crippen molar-refractivity contribution in [3.63, 3.8) is 0 Å². The van der Waals surface area contributed by atoms with Crippen LogP contribution in [0.25, 0.3) is 0 Å². The summed E-state index contributed by atoms with van der Waals surface area (Å²) in [5.74, 6) is 0.155. The largest absolute Gasteiger partial charge is 0.301 e. The molecule has 0 radical (unpaired) electrons. The quantitative estimate of drug-likeness (QED) is 0.517. The van der Waals surface area contributed by atoms with Crippen LogP contribution in [0, 0.1) is 0 Å². The first kappa shape index (κ1) is 5.72. The average molecular weight is 115 g/mol. The molecule has 0 amide bonds. The predicted molar refractivity (Wildman–Crippen MR) is 28.2 cm³/mol. The van der Waals surface area contributed by atoms with E-state index in [2.05, 4.69) is 5.48 Å². The van der Waals surface area contributed by atoms with Crippen LogP contribution in [-0.2, 0) is 9.63 Å². The van der Waals surface area contributed by atoms with Crippen molar-refractivity contribution in [2.24, 2.45) is 0 Å². The van der Waals surface area contributed by atoms with Gasteiger partial charge in [-0.15, -0.1) is 0 Å². The van der Waals surface area contributed by atoms with Crippen molar-refractivity contribution in [2.75, 3.05) is 6.61 Å². The van der Waals surface area contributed by atoms with E-state index in [0.29, 0.717) is 6.61 Å². The summed E-state index contributed by atoms with van der Waals surface area (Å²) in [6, 6.07) is -0.0463. The summed E-state index contributed by atoms with van der Waals surface area (Å²) >= 11 is 0. The van der Waals surface area contributed by atoms with Crippen LogP contribution in [-0.4, -0.2) is 18.4 Å². The third kappa shape index (κ3) is 1.05. The molecule has 0 aromatic rings. The van der Waals surface area contributed by atoms with E-state index in [1.54, 1.807) is 6.92 Å². The van der Waals surface area contributed by atoms with Crippen LogP contribution in [0.1, 0.15) is 13.3 Å². The van der Waals surface area contributed by atoms with Crippen LogP contribution in [0.5, 0.6) is 0 Å². The van der Waals surface area contributed by atoms with E-state index in [1.807, 2.05) is 0 Å². The molecular weight excluding hydrogens is 106 g/mol. The lowest BCUT2D eigenvalue weighted by molar-refractivity contribution is -0.119. The Kier molecular flexibility index (Phi) is 1.60. The fourth-order valence-corrected chi connectivity index (χ4v) is 0.681. The molecule has 0 aromatic carbocycles. The summed E-state index contributed by atoms with van der Waals surface area (Å²) in [5.41, 5.74) is 2.61. The van der Waals surface area contributed by atoms with Gasteiger partial charge in [-0.25, -0.2) is 0 Å². The van der Waals surface area contributed by atoms with Gasteiger partial charge >= 0.3 is 0 Å². The van der Waals surface area contributed by atoms with Crippen LogP contribution in [0.3, 0.4) is 0 Å². The second-order valence-corrected chi connectivity index (χ2v) is 1.92. The molecule has 1 N–H and O–H groups in total. The highest BCUT2D eigenvalue weighted by molar-refractivity contribution is 5.81. The third-order valence-corrected chi connectivity index (χ3v) is 1.22. The van der Waals surface area contributed by atoms with Crippen LogP contribution in [0.2, 0.25) is 0 Å². The highest BCUT2D eigenvalue weighted by Gasteiger charge is 2.18. The van der Waals surface area contributed by atoms with E-state index >= 15 is 0 Å². The molecule has 46 valence electrons. The van der Waals surface area contributed by atoms with Gasteiger partial charge in [0, 0.05) is 0 Å². The summed E-state index contributed by atoms with van der Waals surface area (Å²) in [4.78, 5) is 15.3. The van der Waals surface area contributed by atoms with Crippen LogP contribution >= 0.6 is 0 Å². The Morgan fingerprint density at radius 3 is 2.88 bits per heavy atom. The molecule has 1 unspecified atom stereocenters. The minimum absolute atomic E-state index is 0.0463. The molecule has 0 saturated carbocycles.